The molecule has 1 fully saturated rings. The van der Waals surface area contributed by atoms with Gasteiger partial charge in [-0.3, -0.25) is 9.59 Å². The summed E-state index contributed by atoms with van der Waals surface area (Å²) in [4.78, 5) is 24.1. The maximum absolute atomic E-state index is 12.9. The first-order chi connectivity index (χ1) is 14.7. The highest BCUT2D eigenvalue weighted by Crippen LogP contribution is 2.31. The first-order valence-corrected chi connectivity index (χ1v) is 11.1. The molecule has 3 rings (SSSR count). The average Bonchev–Trinajstić information content (AvgIpc) is 3.17. The van der Waals surface area contributed by atoms with Gasteiger partial charge in [0.15, 0.2) is 0 Å². The van der Waals surface area contributed by atoms with E-state index in [1.54, 1.807) is 32.4 Å². The number of amides is 2. The second-order valence-corrected chi connectivity index (χ2v) is 9.21. The van der Waals surface area contributed by atoms with Crippen molar-refractivity contribution in [1.29, 1.82) is 0 Å². The van der Waals surface area contributed by atoms with Gasteiger partial charge in [-0.05, 0) is 31.0 Å². The minimum Gasteiger partial charge on any atom is -0.497 e. The minimum absolute atomic E-state index is 0.00895. The lowest BCUT2D eigenvalue weighted by Crippen LogP contribution is -2.41. The molecule has 1 aromatic carbocycles. The van der Waals surface area contributed by atoms with Crippen molar-refractivity contribution in [2.24, 2.45) is 18.7 Å². The van der Waals surface area contributed by atoms with Crippen molar-refractivity contribution in [2.45, 2.75) is 17.7 Å². The van der Waals surface area contributed by atoms with E-state index in [1.165, 1.54) is 28.2 Å². The molecule has 0 unspecified atom stereocenters. The number of ether oxygens (including phenoxy) is 2. The molecule has 1 aliphatic heterocycles. The number of nitrogens with two attached hydrogens (primary N) is 1. The number of carbonyl (C=O) groups excluding carboxylic acids is 2. The zero-order valence-electron chi connectivity index (χ0n) is 17.6. The van der Waals surface area contributed by atoms with Gasteiger partial charge in [0.05, 0.1) is 19.9 Å². The van der Waals surface area contributed by atoms with Gasteiger partial charge >= 0.3 is 0 Å². The van der Waals surface area contributed by atoms with Crippen molar-refractivity contribution in [3.05, 3.63) is 36.2 Å². The first-order valence-electron chi connectivity index (χ1n) is 9.66. The Morgan fingerprint density at radius 2 is 1.81 bits per heavy atom. The van der Waals surface area contributed by atoms with E-state index in [2.05, 4.69) is 5.32 Å². The van der Waals surface area contributed by atoms with Crippen molar-refractivity contribution in [3.63, 3.8) is 0 Å². The number of sulfonamides is 1. The highest BCUT2D eigenvalue weighted by atomic mass is 32.2. The monoisotopic (exact) mass is 450 g/mol. The first kappa shape index (κ1) is 22.6. The van der Waals surface area contributed by atoms with E-state index in [-0.39, 0.29) is 35.5 Å². The molecular formula is C20H26N4O6S. The van der Waals surface area contributed by atoms with Crippen molar-refractivity contribution in [2.75, 3.05) is 32.6 Å². The van der Waals surface area contributed by atoms with E-state index in [9.17, 15) is 18.0 Å². The third kappa shape index (κ3) is 4.67. The molecule has 3 N–H and O–H groups in total. The van der Waals surface area contributed by atoms with Crippen LogP contribution in [0, 0.1) is 5.92 Å². The van der Waals surface area contributed by atoms with Crippen LogP contribution in [0.3, 0.4) is 0 Å². The molecule has 168 valence electrons. The molecule has 0 atom stereocenters. The van der Waals surface area contributed by atoms with Gasteiger partial charge in [0.25, 0.3) is 5.91 Å². The number of rotatable bonds is 7. The number of aromatic nitrogens is 1. The number of hydrogen-bond acceptors (Lipinski definition) is 6. The van der Waals surface area contributed by atoms with Crippen molar-refractivity contribution in [1.82, 2.24) is 8.87 Å². The summed E-state index contributed by atoms with van der Waals surface area (Å²) in [5, 5.41) is 2.85. The maximum Gasteiger partial charge on any atom is 0.265 e. The second kappa shape index (κ2) is 8.98. The summed E-state index contributed by atoms with van der Waals surface area (Å²) < 4.78 is 39.0. The van der Waals surface area contributed by atoms with Crippen molar-refractivity contribution in [3.8, 4) is 11.5 Å². The van der Waals surface area contributed by atoms with E-state index in [0.29, 0.717) is 30.0 Å². The molecule has 1 saturated heterocycles. The Labute approximate surface area is 181 Å². The molecule has 0 radical (unpaired) electrons. The minimum atomic E-state index is -3.78. The van der Waals surface area contributed by atoms with Gasteiger partial charge in [-0.15, -0.1) is 0 Å². The molecule has 10 nitrogen and oxygen atoms in total. The number of nitrogens with one attached hydrogen (secondary N) is 1. The highest BCUT2D eigenvalue weighted by Gasteiger charge is 2.33. The van der Waals surface area contributed by atoms with E-state index in [0.717, 1.165) is 0 Å². The van der Waals surface area contributed by atoms with Crippen LogP contribution in [0.1, 0.15) is 23.3 Å². The molecule has 11 heteroatoms. The Kier molecular flexibility index (Phi) is 6.56. The molecule has 0 spiro atoms. The van der Waals surface area contributed by atoms with E-state index >= 15 is 0 Å². The molecule has 1 aliphatic rings. The number of piperidine rings is 1. The number of methoxy groups -OCH3 is 2. The fraction of sp³-hybridized carbons (Fsp3) is 0.400. The van der Waals surface area contributed by atoms with Crippen LogP contribution in [0.5, 0.6) is 11.5 Å². The topological polar surface area (TPSA) is 133 Å². The number of hydrogen-bond donors (Lipinski definition) is 2. The van der Waals surface area contributed by atoms with Crippen LogP contribution in [-0.2, 0) is 21.9 Å². The zero-order valence-corrected chi connectivity index (χ0v) is 18.4. The third-order valence-corrected chi connectivity index (χ3v) is 7.23. The van der Waals surface area contributed by atoms with Crippen LogP contribution in [0.25, 0.3) is 0 Å². The van der Waals surface area contributed by atoms with Gasteiger partial charge in [0.1, 0.15) is 22.1 Å². The van der Waals surface area contributed by atoms with Crippen LogP contribution in [0.2, 0.25) is 0 Å². The Balaban J connectivity index is 1.66. The largest absolute Gasteiger partial charge is 0.497 e. The summed E-state index contributed by atoms with van der Waals surface area (Å²) in [6.45, 7) is 0.391. The van der Waals surface area contributed by atoms with Crippen LogP contribution in [0.15, 0.2) is 35.4 Å². The molecule has 2 amide bonds. The summed E-state index contributed by atoms with van der Waals surface area (Å²) in [6, 6.07) is 6.35. The summed E-state index contributed by atoms with van der Waals surface area (Å²) in [5.74, 6) is -0.157. The Morgan fingerprint density at radius 1 is 1.13 bits per heavy atom. The van der Waals surface area contributed by atoms with Gasteiger partial charge in [0, 0.05) is 38.3 Å². The predicted molar refractivity (Wildman–Crippen MR) is 114 cm³/mol. The fourth-order valence-electron chi connectivity index (χ4n) is 3.56. The van der Waals surface area contributed by atoms with E-state index in [4.69, 9.17) is 15.2 Å². The fourth-order valence-corrected chi connectivity index (χ4v) is 5.11. The van der Waals surface area contributed by atoms with Crippen molar-refractivity contribution >= 4 is 27.5 Å². The molecule has 0 aliphatic carbocycles. The summed E-state index contributed by atoms with van der Waals surface area (Å²) >= 11 is 0. The number of aryl methyl sites for hydroxylation is 1. The van der Waals surface area contributed by atoms with Gasteiger partial charge < -0.3 is 25.1 Å². The molecule has 1 aromatic heterocycles. The standard InChI is InChI=1S/C20H26N4O6S/c1-23-12-15(11-17(23)19(21)25)31(27,28)24-8-6-13(7-9-24)20(26)22-16-5-4-14(29-2)10-18(16)30-3/h4-5,10-13H,6-9H2,1-3H3,(H2,21,25)(H,22,26). The summed E-state index contributed by atoms with van der Waals surface area (Å²) in [6.07, 6.45) is 2.11. The van der Waals surface area contributed by atoms with Gasteiger partial charge in [-0.25, -0.2) is 8.42 Å². The van der Waals surface area contributed by atoms with Gasteiger partial charge in [0.2, 0.25) is 15.9 Å². The second-order valence-electron chi connectivity index (χ2n) is 7.27. The lowest BCUT2D eigenvalue weighted by molar-refractivity contribution is -0.120. The molecule has 2 aromatic rings. The number of anilines is 1. The third-order valence-electron chi connectivity index (χ3n) is 5.36. The van der Waals surface area contributed by atoms with Gasteiger partial charge in [-0.1, -0.05) is 0 Å². The smallest absolute Gasteiger partial charge is 0.265 e. The average molecular weight is 451 g/mol. The van der Waals surface area contributed by atoms with E-state index in [1.807, 2.05) is 0 Å². The van der Waals surface area contributed by atoms with E-state index < -0.39 is 15.9 Å². The summed E-state index contributed by atoms with van der Waals surface area (Å²) in [7, 11) is 0.816. The molecule has 2 heterocycles. The summed E-state index contributed by atoms with van der Waals surface area (Å²) in [5.41, 5.74) is 5.91. The Bertz CT molecular complexity index is 1090. The normalized spacial score (nSPS) is 15.5. The zero-order chi connectivity index (χ0) is 22.8. The molecule has 0 saturated carbocycles. The SMILES string of the molecule is COc1ccc(NC(=O)C2CCN(S(=O)(=O)c3cc(C(N)=O)n(C)c3)CC2)c(OC)c1. The Morgan fingerprint density at radius 3 is 2.35 bits per heavy atom. The van der Waals surface area contributed by atoms with Crippen LogP contribution < -0.4 is 20.5 Å². The highest BCUT2D eigenvalue weighted by molar-refractivity contribution is 7.89. The lowest BCUT2D eigenvalue weighted by Gasteiger charge is -2.30. The number of nitrogens with zero attached hydrogens (tertiary/aromatic N) is 2. The number of primary amides is 1. The number of benzene rings is 1. The maximum atomic E-state index is 12.9. The van der Waals surface area contributed by atoms with Crippen LogP contribution >= 0.6 is 0 Å². The quantitative estimate of drug-likeness (QED) is 0.651. The molecule has 0 bridgehead atoms. The van der Waals surface area contributed by atoms with Gasteiger partial charge in [-0.2, -0.15) is 4.31 Å². The van der Waals surface area contributed by atoms with Crippen molar-refractivity contribution < 1.29 is 27.5 Å². The predicted octanol–water partition coefficient (Wildman–Crippen LogP) is 1.18. The van der Waals surface area contributed by atoms with Crippen LogP contribution in [-0.4, -0.2) is 56.4 Å². The molecule has 31 heavy (non-hydrogen) atoms. The lowest BCUT2D eigenvalue weighted by atomic mass is 9.97. The number of carbonyl (C=O) groups is 2. The molecular weight excluding hydrogens is 424 g/mol. The van der Waals surface area contributed by atoms with Crippen LogP contribution in [0.4, 0.5) is 5.69 Å². The Hall–Kier alpha value is -3.05.